The largest absolute Gasteiger partial charge is 0.297 e. The third kappa shape index (κ3) is 5.35. The van der Waals surface area contributed by atoms with Crippen molar-refractivity contribution >= 4 is 11.6 Å². The van der Waals surface area contributed by atoms with Gasteiger partial charge in [-0.1, -0.05) is 102 Å². The van der Waals surface area contributed by atoms with Gasteiger partial charge >= 0.3 is 0 Å². The minimum atomic E-state index is -1.85. The Morgan fingerprint density at radius 3 is 1.10 bits per heavy atom. The molecule has 2 heterocycles. The molecule has 2 aromatic carbocycles. The van der Waals surface area contributed by atoms with Crippen molar-refractivity contribution in [3.8, 4) is 22.5 Å². The number of aromatic nitrogens is 4. The number of benzene rings is 2. The number of ketones is 2. The van der Waals surface area contributed by atoms with Gasteiger partial charge in [0.2, 0.25) is 0 Å². The molecule has 0 amide bonds. The molecule has 4 aromatic rings. The number of Topliss-reactive ketones (excluding diaryl/α,β-unsaturated/α-hetero) is 2. The smallest absolute Gasteiger partial charge is 0.175 e. The Kier molecular flexibility index (Phi) is 7.83. The predicted octanol–water partition coefficient (Wildman–Crippen LogP) is 7.35. The van der Waals surface area contributed by atoms with Crippen molar-refractivity contribution in [1.82, 2.24) is 19.9 Å². The maximum Gasteiger partial charge on any atom is 0.175 e. The van der Waals surface area contributed by atoms with Crippen LogP contribution in [0.25, 0.3) is 22.5 Å². The number of hydrogen-bond donors (Lipinski definition) is 0. The fraction of sp³-hybridized carbons (Fsp3) is 0.371. The molecule has 0 bridgehead atoms. The van der Waals surface area contributed by atoms with Crippen LogP contribution in [0.2, 0.25) is 0 Å². The Bertz CT molecular complexity index is 1490. The fourth-order valence-corrected chi connectivity index (χ4v) is 5.48. The SMILES string of the molecule is Cc1nc(C)c(C(C(=O)C(C)(C)C)(C(=O)C(C)(C)C)c2nc(-c3ccccc3)c(C)nc2C)nc1-c1ccccc1. The fourth-order valence-electron chi connectivity index (χ4n) is 5.48. The van der Waals surface area contributed by atoms with Crippen LogP contribution in [0.5, 0.6) is 0 Å². The van der Waals surface area contributed by atoms with Crippen molar-refractivity contribution < 1.29 is 9.59 Å². The van der Waals surface area contributed by atoms with Gasteiger partial charge in [0.05, 0.1) is 45.6 Å². The molecule has 0 aliphatic carbocycles. The summed E-state index contributed by atoms with van der Waals surface area (Å²) in [6, 6.07) is 19.5. The monoisotopic (exact) mass is 548 g/mol. The number of nitrogens with zero attached hydrogens (tertiary/aromatic N) is 4. The van der Waals surface area contributed by atoms with Gasteiger partial charge in [-0.15, -0.1) is 0 Å². The highest BCUT2D eigenvalue weighted by atomic mass is 16.2. The normalized spacial score (nSPS) is 12.3. The molecule has 4 rings (SSSR count). The second kappa shape index (κ2) is 10.7. The minimum Gasteiger partial charge on any atom is -0.297 e. The van der Waals surface area contributed by atoms with E-state index in [9.17, 15) is 9.59 Å². The molecule has 0 radical (unpaired) electrons. The molecule has 0 unspecified atom stereocenters. The lowest BCUT2D eigenvalue weighted by Crippen LogP contribution is -2.55. The number of carbonyl (C=O) groups is 2. The van der Waals surface area contributed by atoms with Gasteiger partial charge < -0.3 is 0 Å². The zero-order valence-corrected chi connectivity index (χ0v) is 25.9. The van der Waals surface area contributed by atoms with Crippen molar-refractivity contribution in [2.75, 3.05) is 0 Å². The van der Waals surface area contributed by atoms with Crippen molar-refractivity contribution in [2.45, 2.75) is 74.7 Å². The molecular weight excluding hydrogens is 508 g/mol. The van der Waals surface area contributed by atoms with E-state index in [-0.39, 0.29) is 11.6 Å². The van der Waals surface area contributed by atoms with Crippen molar-refractivity contribution in [2.24, 2.45) is 10.8 Å². The van der Waals surface area contributed by atoms with Crippen LogP contribution in [-0.2, 0) is 15.0 Å². The average molecular weight is 549 g/mol. The molecule has 6 nitrogen and oxygen atoms in total. The maximum absolute atomic E-state index is 15.0. The summed E-state index contributed by atoms with van der Waals surface area (Å²) < 4.78 is 0. The van der Waals surface area contributed by atoms with E-state index in [1.54, 1.807) is 0 Å². The zero-order valence-electron chi connectivity index (χ0n) is 25.9. The van der Waals surface area contributed by atoms with Gasteiger partial charge in [-0.2, -0.15) is 0 Å². The molecule has 0 fully saturated rings. The number of hydrogen-bond acceptors (Lipinski definition) is 6. The molecule has 41 heavy (non-hydrogen) atoms. The van der Waals surface area contributed by atoms with E-state index < -0.39 is 16.2 Å². The average Bonchev–Trinajstić information content (AvgIpc) is 2.90. The topological polar surface area (TPSA) is 85.7 Å². The Labute approximate surface area is 243 Å². The van der Waals surface area contributed by atoms with Crippen LogP contribution in [0.3, 0.4) is 0 Å². The summed E-state index contributed by atoms with van der Waals surface area (Å²) in [4.78, 5) is 50.1. The molecule has 0 saturated heterocycles. The zero-order chi connectivity index (χ0) is 30.3. The molecule has 0 saturated carbocycles. The summed E-state index contributed by atoms with van der Waals surface area (Å²) in [5, 5.41) is 0. The van der Waals surface area contributed by atoms with Crippen LogP contribution in [0, 0.1) is 38.5 Å². The lowest BCUT2D eigenvalue weighted by molar-refractivity contribution is -0.142. The molecular formula is C35H40N4O2. The van der Waals surface area contributed by atoms with Gasteiger partial charge in [0, 0.05) is 22.0 Å². The Balaban J connectivity index is 2.24. The van der Waals surface area contributed by atoms with Crippen LogP contribution >= 0.6 is 0 Å². The summed E-state index contributed by atoms with van der Waals surface area (Å²) in [6.45, 7) is 18.5. The van der Waals surface area contributed by atoms with E-state index >= 15 is 0 Å². The Hall–Kier alpha value is -4.06. The molecule has 0 atom stereocenters. The highest BCUT2D eigenvalue weighted by molar-refractivity contribution is 6.18. The summed E-state index contributed by atoms with van der Waals surface area (Å²) in [7, 11) is 0. The highest BCUT2D eigenvalue weighted by Gasteiger charge is 2.59. The quantitative estimate of drug-likeness (QED) is 0.234. The van der Waals surface area contributed by atoms with Crippen LogP contribution in [0.1, 0.15) is 75.7 Å². The number of carbonyl (C=O) groups excluding carboxylic acids is 2. The first-order valence-corrected chi connectivity index (χ1v) is 14.0. The van der Waals surface area contributed by atoms with Gasteiger partial charge in [-0.25, -0.2) is 9.97 Å². The first-order valence-electron chi connectivity index (χ1n) is 14.0. The van der Waals surface area contributed by atoms with Gasteiger partial charge in [0.1, 0.15) is 0 Å². The first-order chi connectivity index (χ1) is 19.1. The van der Waals surface area contributed by atoms with Crippen LogP contribution in [0.15, 0.2) is 60.7 Å². The van der Waals surface area contributed by atoms with Crippen molar-refractivity contribution in [3.63, 3.8) is 0 Å². The summed E-state index contributed by atoms with van der Waals surface area (Å²) in [5.74, 6) is -0.573. The summed E-state index contributed by atoms with van der Waals surface area (Å²) in [5.41, 5.74) is 2.36. The van der Waals surface area contributed by atoms with Crippen LogP contribution in [-0.4, -0.2) is 31.5 Å². The second-order valence-electron chi connectivity index (χ2n) is 12.8. The van der Waals surface area contributed by atoms with Crippen LogP contribution in [0.4, 0.5) is 0 Å². The second-order valence-corrected chi connectivity index (χ2v) is 12.8. The molecule has 0 aliphatic rings. The third-order valence-electron chi connectivity index (χ3n) is 7.34. The summed E-state index contributed by atoms with van der Waals surface area (Å²) >= 11 is 0. The van der Waals surface area contributed by atoms with E-state index in [0.29, 0.717) is 34.2 Å². The molecule has 0 aliphatic heterocycles. The number of aryl methyl sites for hydroxylation is 4. The standard InChI is InChI=1S/C35H40N4O2/c1-21-27(25-17-13-11-14-18-25)38-29(23(3)36-21)35(31(40)33(5,6)7,32(41)34(8,9)10)30-24(4)37-22(2)28(39-30)26-19-15-12-16-20-26/h11-20H,1-10H3. The molecule has 212 valence electrons. The van der Waals surface area contributed by atoms with E-state index in [1.807, 2.05) is 130 Å². The lowest BCUT2D eigenvalue weighted by atomic mass is 9.60. The van der Waals surface area contributed by atoms with E-state index in [1.165, 1.54) is 0 Å². The number of rotatable bonds is 6. The minimum absolute atomic E-state index is 0.287. The molecule has 0 spiro atoms. The molecule has 6 heteroatoms. The lowest BCUT2D eigenvalue weighted by Gasteiger charge is -2.40. The highest BCUT2D eigenvalue weighted by Crippen LogP contribution is 2.46. The van der Waals surface area contributed by atoms with E-state index in [4.69, 9.17) is 19.9 Å². The molecule has 2 aromatic heterocycles. The first kappa shape index (κ1) is 29.9. The maximum atomic E-state index is 15.0. The Morgan fingerprint density at radius 1 is 0.488 bits per heavy atom. The summed E-state index contributed by atoms with van der Waals surface area (Å²) in [6.07, 6.45) is 0. The van der Waals surface area contributed by atoms with E-state index in [0.717, 1.165) is 22.5 Å². The predicted molar refractivity (Wildman–Crippen MR) is 164 cm³/mol. The van der Waals surface area contributed by atoms with Crippen LogP contribution < -0.4 is 0 Å². The Morgan fingerprint density at radius 2 is 0.805 bits per heavy atom. The van der Waals surface area contributed by atoms with Gasteiger partial charge in [0.15, 0.2) is 17.0 Å². The van der Waals surface area contributed by atoms with Gasteiger partial charge in [0.25, 0.3) is 0 Å². The van der Waals surface area contributed by atoms with Gasteiger partial charge in [-0.05, 0) is 27.7 Å². The van der Waals surface area contributed by atoms with Crippen molar-refractivity contribution in [3.05, 3.63) is 94.8 Å². The molecule has 0 N–H and O–H groups in total. The van der Waals surface area contributed by atoms with E-state index in [2.05, 4.69) is 0 Å². The third-order valence-corrected chi connectivity index (χ3v) is 7.34. The van der Waals surface area contributed by atoms with Gasteiger partial charge in [-0.3, -0.25) is 19.6 Å². The van der Waals surface area contributed by atoms with Crippen molar-refractivity contribution in [1.29, 1.82) is 0 Å².